The topological polar surface area (TPSA) is 165 Å². The van der Waals surface area contributed by atoms with E-state index in [1.54, 1.807) is 18.3 Å². The molecule has 4 N–H and O–H groups in total. The molecule has 4 aliphatic rings. The summed E-state index contributed by atoms with van der Waals surface area (Å²) >= 11 is 12.3. The highest BCUT2D eigenvalue weighted by molar-refractivity contribution is 6.36. The number of hydrogen-bond acceptors (Lipinski definition) is 10. The number of pyridine rings is 1. The fourth-order valence-electron chi connectivity index (χ4n) is 8.46. The molecule has 0 spiro atoms. The molecular formula is C41H43Cl2FN8O5. The number of anilines is 2. The highest BCUT2D eigenvalue weighted by atomic mass is 35.5. The number of carbonyl (C=O) groups excluding carboxylic acids is 4. The number of fused-ring (bicyclic) bond motifs is 1. The highest BCUT2D eigenvalue weighted by Crippen LogP contribution is 2.35. The predicted octanol–water partition coefficient (Wildman–Crippen LogP) is 5.99. The molecule has 1 aliphatic carbocycles. The number of halogens is 3. The Labute approximate surface area is 339 Å². The third kappa shape index (κ3) is 8.08. The zero-order valence-electron chi connectivity index (χ0n) is 31.2. The van der Waals surface area contributed by atoms with Crippen molar-refractivity contribution in [3.63, 3.8) is 0 Å². The van der Waals surface area contributed by atoms with Gasteiger partial charge in [0.05, 0.1) is 35.0 Å². The molecule has 8 rings (SSSR count). The van der Waals surface area contributed by atoms with Gasteiger partial charge in [-0.1, -0.05) is 23.2 Å². The molecule has 3 fully saturated rings. The summed E-state index contributed by atoms with van der Waals surface area (Å²) in [4.78, 5) is 58.2. The first-order chi connectivity index (χ1) is 27.5. The first-order valence-electron chi connectivity index (χ1n) is 19.4. The summed E-state index contributed by atoms with van der Waals surface area (Å²) in [5.41, 5.74) is 9.78. The minimum atomic E-state index is -0.981. The van der Waals surface area contributed by atoms with Gasteiger partial charge in [0, 0.05) is 66.2 Å². The summed E-state index contributed by atoms with van der Waals surface area (Å²) in [5, 5.41) is 11.1. The monoisotopic (exact) mass is 816 g/mol. The van der Waals surface area contributed by atoms with Gasteiger partial charge in [0.25, 0.3) is 11.8 Å². The van der Waals surface area contributed by atoms with Gasteiger partial charge in [0.15, 0.2) is 11.6 Å². The zero-order valence-corrected chi connectivity index (χ0v) is 32.7. The molecule has 0 unspecified atom stereocenters. The maximum absolute atomic E-state index is 13.9. The van der Waals surface area contributed by atoms with Crippen molar-refractivity contribution in [1.82, 2.24) is 30.3 Å². The molecule has 2 saturated heterocycles. The largest absolute Gasteiger partial charge is 0.489 e. The van der Waals surface area contributed by atoms with Crippen LogP contribution in [0.4, 0.5) is 15.9 Å². The fourth-order valence-corrected chi connectivity index (χ4v) is 9.02. The SMILES string of the molecule is Nc1ncc(-c2cnn(C3CCC(CN[C@H]4CCCN(c5ccc6c(c5)C(=O)N([C@@H]5CCC(=O)NC5=O)C6=O)C4)CC3)c2)cc1OCCc1c(Cl)ccc(F)c1Cl. The molecule has 0 bridgehead atoms. The first kappa shape index (κ1) is 38.8. The van der Waals surface area contributed by atoms with Crippen LogP contribution in [0, 0.1) is 11.7 Å². The van der Waals surface area contributed by atoms with E-state index in [2.05, 4.69) is 20.5 Å². The van der Waals surface area contributed by atoms with Crippen molar-refractivity contribution in [3.05, 3.63) is 87.5 Å². The molecule has 5 heterocycles. The number of nitrogen functional groups attached to an aromatic ring is 1. The molecule has 1 saturated carbocycles. The van der Waals surface area contributed by atoms with E-state index in [0.717, 1.165) is 79.9 Å². The Morgan fingerprint density at radius 3 is 2.56 bits per heavy atom. The van der Waals surface area contributed by atoms with Crippen molar-refractivity contribution in [2.24, 2.45) is 5.92 Å². The number of ether oxygens (including phenoxy) is 1. The van der Waals surface area contributed by atoms with Crippen LogP contribution in [0.5, 0.6) is 5.75 Å². The van der Waals surface area contributed by atoms with Gasteiger partial charge in [-0.3, -0.25) is 34.1 Å². The Morgan fingerprint density at radius 2 is 1.75 bits per heavy atom. The Kier molecular flexibility index (Phi) is 11.2. The zero-order chi connectivity index (χ0) is 39.8. The second-order valence-corrected chi connectivity index (χ2v) is 16.1. The van der Waals surface area contributed by atoms with Gasteiger partial charge in [-0.25, -0.2) is 9.37 Å². The number of nitrogens with one attached hydrogen (secondary N) is 2. The number of nitrogens with zero attached hydrogens (tertiary/aromatic N) is 5. The summed E-state index contributed by atoms with van der Waals surface area (Å²) in [6, 6.07) is 9.46. The number of imide groups is 2. The van der Waals surface area contributed by atoms with E-state index in [1.807, 2.05) is 29.2 Å². The second-order valence-electron chi connectivity index (χ2n) is 15.3. The van der Waals surface area contributed by atoms with Gasteiger partial charge in [-0.2, -0.15) is 5.10 Å². The molecule has 2 atom stereocenters. The lowest BCUT2D eigenvalue weighted by molar-refractivity contribution is -0.136. The molecule has 4 aromatic rings. The Bertz CT molecular complexity index is 2230. The minimum Gasteiger partial charge on any atom is -0.489 e. The van der Waals surface area contributed by atoms with Crippen LogP contribution in [0.3, 0.4) is 0 Å². The summed E-state index contributed by atoms with van der Waals surface area (Å²) in [5.74, 6) is -1.33. The van der Waals surface area contributed by atoms with Gasteiger partial charge < -0.3 is 20.7 Å². The van der Waals surface area contributed by atoms with Crippen LogP contribution in [0.15, 0.2) is 55.0 Å². The Hall–Kier alpha value is -5.05. The predicted molar refractivity (Wildman–Crippen MR) is 213 cm³/mol. The van der Waals surface area contributed by atoms with Gasteiger partial charge >= 0.3 is 0 Å². The number of benzene rings is 2. The van der Waals surface area contributed by atoms with Crippen LogP contribution in [0.1, 0.15) is 83.7 Å². The van der Waals surface area contributed by atoms with E-state index >= 15 is 0 Å². The van der Waals surface area contributed by atoms with Crippen LogP contribution in [-0.4, -0.2) is 81.6 Å². The van der Waals surface area contributed by atoms with Crippen molar-refractivity contribution in [2.75, 3.05) is 36.9 Å². The standard InChI is InChI=1S/C41H43Cl2FN8O5/c42-32-9-10-33(44)37(43)30(32)13-15-57-35-16-24(19-47-38(35)45)25-20-48-51(21-25)27-5-3-23(4-6-27)18-46-26-2-1-14-50(22-26)28-7-8-29-31(17-28)41(56)52(40(29)55)34-11-12-36(53)49-39(34)54/h7-10,16-17,19-21,23,26-27,34,46H,1-6,11-15,18,22H2,(H2,45,47)(H,49,53,54)/t23?,26-,27?,34+/m0/s1. The number of piperidine rings is 2. The Balaban J connectivity index is 0.815. The minimum absolute atomic E-state index is 0.0165. The van der Waals surface area contributed by atoms with Crippen molar-refractivity contribution < 1.29 is 28.3 Å². The van der Waals surface area contributed by atoms with E-state index in [-0.39, 0.29) is 41.9 Å². The van der Waals surface area contributed by atoms with Crippen LogP contribution >= 0.6 is 23.2 Å². The van der Waals surface area contributed by atoms with E-state index in [9.17, 15) is 23.6 Å². The van der Waals surface area contributed by atoms with Crippen LogP contribution in [0.25, 0.3) is 11.1 Å². The molecule has 4 amide bonds. The average molecular weight is 818 g/mol. The van der Waals surface area contributed by atoms with Crippen molar-refractivity contribution >= 4 is 58.3 Å². The third-order valence-electron chi connectivity index (χ3n) is 11.7. The number of nitrogens with two attached hydrogens (primary N) is 1. The normalized spacial score (nSPS) is 22.5. The number of hydrogen-bond donors (Lipinski definition) is 3. The molecule has 13 nitrogen and oxygen atoms in total. The first-order valence-corrected chi connectivity index (χ1v) is 20.2. The quantitative estimate of drug-likeness (QED) is 0.121. The van der Waals surface area contributed by atoms with E-state index in [4.69, 9.17) is 38.8 Å². The number of carbonyl (C=O) groups is 4. The molecule has 298 valence electrons. The third-order valence-corrected chi connectivity index (χ3v) is 12.4. The average Bonchev–Trinajstić information content (AvgIpc) is 3.80. The van der Waals surface area contributed by atoms with Gasteiger partial charge in [-0.05, 0) is 99.4 Å². The molecule has 2 aromatic carbocycles. The molecular weight excluding hydrogens is 774 g/mol. The molecule has 16 heteroatoms. The summed E-state index contributed by atoms with van der Waals surface area (Å²) in [6.45, 7) is 2.73. The van der Waals surface area contributed by atoms with Gasteiger partial charge in [0.2, 0.25) is 11.8 Å². The van der Waals surface area contributed by atoms with Crippen molar-refractivity contribution in [3.8, 4) is 16.9 Å². The fraction of sp³-hybridized carbons (Fsp3) is 0.415. The molecule has 3 aliphatic heterocycles. The van der Waals surface area contributed by atoms with E-state index < -0.39 is 35.5 Å². The van der Waals surface area contributed by atoms with Crippen LogP contribution in [-0.2, 0) is 16.0 Å². The summed E-state index contributed by atoms with van der Waals surface area (Å²) < 4.78 is 21.9. The van der Waals surface area contributed by atoms with Crippen LogP contribution in [0.2, 0.25) is 10.0 Å². The lowest BCUT2D eigenvalue weighted by atomic mass is 9.85. The van der Waals surface area contributed by atoms with E-state index in [1.165, 1.54) is 12.1 Å². The van der Waals surface area contributed by atoms with Crippen LogP contribution < -0.4 is 26.0 Å². The van der Waals surface area contributed by atoms with E-state index in [0.29, 0.717) is 40.3 Å². The lowest BCUT2D eigenvalue weighted by Crippen LogP contribution is -2.54. The second kappa shape index (κ2) is 16.4. The molecule has 2 aromatic heterocycles. The van der Waals surface area contributed by atoms with Gasteiger partial charge in [-0.15, -0.1) is 0 Å². The maximum Gasteiger partial charge on any atom is 0.262 e. The van der Waals surface area contributed by atoms with Crippen molar-refractivity contribution in [1.29, 1.82) is 0 Å². The number of amides is 4. The molecule has 57 heavy (non-hydrogen) atoms. The van der Waals surface area contributed by atoms with Gasteiger partial charge in [0.1, 0.15) is 11.9 Å². The van der Waals surface area contributed by atoms with Crippen molar-refractivity contribution in [2.45, 2.75) is 75.9 Å². The Morgan fingerprint density at radius 1 is 0.947 bits per heavy atom. The number of rotatable bonds is 11. The molecule has 0 radical (unpaired) electrons. The smallest absolute Gasteiger partial charge is 0.262 e. The summed E-state index contributed by atoms with van der Waals surface area (Å²) in [6.07, 6.45) is 12.3. The summed E-state index contributed by atoms with van der Waals surface area (Å²) in [7, 11) is 0. The highest BCUT2D eigenvalue weighted by Gasteiger charge is 2.45. The maximum atomic E-state index is 13.9. The number of aromatic nitrogens is 3. The lowest BCUT2D eigenvalue weighted by Gasteiger charge is -2.36.